The molecule has 0 aliphatic carbocycles. The summed E-state index contributed by atoms with van der Waals surface area (Å²) in [7, 11) is 3.85. The molecule has 1 fully saturated rings. The highest BCUT2D eigenvalue weighted by molar-refractivity contribution is 14.0. The zero-order valence-corrected chi connectivity index (χ0v) is 17.8. The van der Waals surface area contributed by atoms with Gasteiger partial charge in [-0.1, -0.05) is 6.07 Å². The number of nitrogens with one attached hydrogen (secondary N) is 2. The second-order valence-corrected chi connectivity index (χ2v) is 5.93. The number of pyridine rings is 1. The number of methoxy groups -OCH3 is 1. The number of piperazine rings is 1. The second kappa shape index (κ2) is 12.3. The molecule has 1 aliphatic rings. The Morgan fingerprint density at radius 3 is 2.60 bits per heavy atom. The van der Waals surface area contributed by atoms with Gasteiger partial charge in [0.25, 0.3) is 0 Å². The van der Waals surface area contributed by atoms with E-state index in [2.05, 4.69) is 56.5 Å². The molecule has 2 N–H and O–H groups in total. The summed E-state index contributed by atoms with van der Waals surface area (Å²) in [6.45, 7) is 9.15. The summed E-state index contributed by atoms with van der Waals surface area (Å²) in [5.41, 5.74) is 1.11. The number of ether oxygens (including phenoxy) is 1. The molecule has 1 aromatic rings. The summed E-state index contributed by atoms with van der Waals surface area (Å²) in [4.78, 5) is 13.9. The van der Waals surface area contributed by atoms with E-state index in [0.717, 1.165) is 56.6 Å². The Balaban J connectivity index is 0.00000312. The molecule has 142 valence electrons. The van der Waals surface area contributed by atoms with E-state index in [1.165, 1.54) is 0 Å². The summed E-state index contributed by atoms with van der Waals surface area (Å²) in [6, 6.07) is 4.21. The fourth-order valence-electron chi connectivity index (χ4n) is 2.52. The average Bonchev–Trinajstić information content (AvgIpc) is 2.61. The number of hydrogen-bond acceptors (Lipinski definition) is 5. The first-order valence-electron chi connectivity index (χ1n) is 8.62. The van der Waals surface area contributed by atoms with Crippen LogP contribution >= 0.6 is 24.0 Å². The SMILES string of the molecule is CCNC(=NCc1ccc(N2CCN(C)CC2)nc1)NCCOC.I. The summed E-state index contributed by atoms with van der Waals surface area (Å²) in [5, 5.41) is 6.47. The smallest absolute Gasteiger partial charge is 0.191 e. The molecule has 7 nitrogen and oxygen atoms in total. The van der Waals surface area contributed by atoms with Crippen molar-refractivity contribution in [1.82, 2.24) is 20.5 Å². The largest absolute Gasteiger partial charge is 0.383 e. The topological polar surface area (TPSA) is 65.0 Å². The van der Waals surface area contributed by atoms with Crippen LogP contribution in [0.5, 0.6) is 0 Å². The van der Waals surface area contributed by atoms with Crippen LogP contribution in [0.25, 0.3) is 0 Å². The van der Waals surface area contributed by atoms with Crippen LogP contribution in [-0.2, 0) is 11.3 Å². The number of aliphatic imine (C=N–C) groups is 1. The van der Waals surface area contributed by atoms with Crippen LogP contribution < -0.4 is 15.5 Å². The van der Waals surface area contributed by atoms with E-state index in [4.69, 9.17) is 4.74 Å². The first-order valence-corrected chi connectivity index (χ1v) is 8.62. The summed E-state index contributed by atoms with van der Waals surface area (Å²) < 4.78 is 5.05. The number of likely N-dealkylation sites (N-methyl/N-ethyl adjacent to an activating group) is 1. The quantitative estimate of drug-likeness (QED) is 0.275. The van der Waals surface area contributed by atoms with Crippen molar-refractivity contribution in [3.05, 3.63) is 23.9 Å². The number of anilines is 1. The number of aromatic nitrogens is 1. The van der Waals surface area contributed by atoms with Gasteiger partial charge in [-0.25, -0.2) is 9.98 Å². The lowest BCUT2D eigenvalue weighted by Crippen LogP contribution is -2.44. The Labute approximate surface area is 168 Å². The number of nitrogens with zero attached hydrogens (tertiary/aromatic N) is 4. The van der Waals surface area contributed by atoms with Crippen molar-refractivity contribution in [2.24, 2.45) is 4.99 Å². The van der Waals surface area contributed by atoms with Crippen LogP contribution in [-0.4, -0.2) is 75.9 Å². The Morgan fingerprint density at radius 2 is 2.00 bits per heavy atom. The van der Waals surface area contributed by atoms with Gasteiger partial charge in [0.1, 0.15) is 5.82 Å². The van der Waals surface area contributed by atoms with E-state index in [9.17, 15) is 0 Å². The molecular weight excluding hydrogens is 431 g/mol. The minimum absolute atomic E-state index is 0. The highest BCUT2D eigenvalue weighted by Gasteiger charge is 2.14. The molecule has 0 aromatic carbocycles. The van der Waals surface area contributed by atoms with Gasteiger partial charge in [-0.3, -0.25) is 0 Å². The second-order valence-electron chi connectivity index (χ2n) is 5.93. The van der Waals surface area contributed by atoms with Crippen molar-refractivity contribution in [3.8, 4) is 0 Å². The fourth-order valence-corrected chi connectivity index (χ4v) is 2.52. The fraction of sp³-hybridized carbons (Fsp3) is 0.647. The molecule has 0 saturated carbocycles. The van der Waals surface area contributed by atoms with Gasteiger partial charge in [-0.15, -0.1) is 24.0 Å². The lowest BCUT2D eigenvalue weighted by atomic mass is 10.2. The van der Waals surface area contributed by atoms with E-state index < -0.39 is 0 Å². The van der Waals surface area contributed by atoms with Crippen LogP contribution in [0.4, 0.5) is 5.82 Å². The van der Waals surface area contributed by atoms with Gasteiger partial charge < -0.3 is 25.2 Å². The van der Waals surface area contributed by atoms with Crippen LogP contribution in [0.2, 0.25) is 0 Å². The molecule has 2 rings (SSSR count). The zero-order valence-electron chi connectivity index (χ0n) is 15.5. The number of guanidine groups is 1. The molecule has 0 radical (unpaired) electrons. The maximum atomic E-state index is 5.05. The molecule has 0 atom stereocenters. The molecule has 1 aromatic heterocycles. The molecule has 0 spiro atoms. The molecule has 8 heteroatoms. The Morgan fingerprint density at radius 1 is 1.24 bits per heavy atom. The van der Waals surface area contributed by atoms with Gasteiger partial charge in [-0.2, -0.15) is 0 Å². The van der Waals surface area contributed by atoms with E-state index in [-0.39, 0.29) is 24.0 Å². The van der Waals surface area contributed by atoms with Crippen LogP contribution in [0.1, 0.15) is 12.5 Å². The monoisotopic (exact) mass is 462 g/mol. The minimum Gasteiger partial charge on any atom is -0.383 e. The van der Waals surface area contributed by atoms with E-state index in [1.54, 1.807) is 7.11 Å². The predicted octanol–water partition coefficient (Wildman–Crippen LogP) is 1.15. The molecular formula is C17H31IN6O. The van der Waals surface area contributed by atoms with Gasteiger partial charge in [0.15, 0.2) is 5.96 Å². The van der Waals surface area contributed by atoms with Crippen molar-refractivity contribution in [1.29, 1.82) is 0 Å². The van der Waals surface area contributed by atoms with E-state index in [0.29, 0.717) is 13.2 Å². The van der Waals surface area contributed by atoms with Crippen LogP contribution in [0.3, 0.4) is 0 Å². The highest BCUT2D eigenvalue weighted by Crippen LogP contribution is 2.13. The molecule has 1 aliphatic heterocycles. The average molecular weight is 462 g/mol. The third-order valence-electron chi connectivity index (χ3n) is 4.00. The first-order chi connectivity index (χ1) is 11.7. The first kappa shape index (κ1) is 21.9. The van der Waals surface area contributed by atoms with Gasteiger partial charge in [0.05, 0.1) is 13.2 Å². The van der Waals surface area contributed by atoms with E-state index in [1.807, 2.05) is 6.20 Å². The maximum absolute atomic E-state index is 5.05. The van der Waals surface area contributed by atoms with Crippen molar-refractivity contribution < 1.29 is 4.74 Å². The summed E-state index contributed by atoms with van der Waals surface area (Å²) in [6.07, 6.45) is 1.93. The lowest BCUT2D eigenvalue weighted by Gasteiger charge is -2.33. The molecule has 0 bridgehead atoms. The number of halogens is 1. The van der Waals surface area contributed by atoms with Crippen molar-refractivity contribution in [3.63, 3.8) is 0 Å². The summed E-state index contributed by atoms with van der Waals surface area (Å²) >= 11 is 0. The number of hydrogen-bond donors (Lipinski definition) is 2. The van der Waals surface area contributed by atoms with E-state index >= 15 is 0 Å². The molecule has 25 heavy (non-hydrogen) atoms. The van der Waals surface area contributed by atoms with Crippen molar-refractivity contribution >= 4 is 35.8 Å². The lowest BCUT2D eigenvalue weighted by molar-refractivity contribution is 0.203. The predicted molar refractivity (Wildman–Crippen MR) is 114 cm³/mol. The van der Waals surface area contributed by atoms with Crippen LogP contribution in [0, 0.1) is 0 Å². The third kappa shape index (κ3) is 7.74. The molecule has 2 heterocycles. The van der Waals surface area contributed by atoms with Gasteiger partial charge in [0.2, 0.25) is 0 Å². The normalized spacial score (nSPS) is 15.6. The summed E-state index contributed by atoms with van der Waals surface area (Å²) in [5.74, 6) is 1.86. The standard InChI is InChI=1S/C17H30N6O.HI/c1-4-18-17(19-7-12-24-3)21-14-15-5-6-16(20-13-15)23-10-8-22(2)9-11-23;/h5-6,13H,4,7-12,14H2,1-3H3,(H2,18,19,21);1H. The Hall–Kier alpha value is -1.13. The Kier molecular flexibility index (Phi) is 10.7. The molecule has 0 amide bonds. The highest BCUT2D eigenvalue weighted by atomic mass is 127. The molecule has 1 saturated heterocycles. The Bertz CT molecular complexity index is 502. The maximum Gasteiger partial charge on any atom is 0.191 e. The van der Waals surface area contributed by atoms with Gasteiger partial charge >= 0.3 is 0 Å². The molecule has 0 unspecified atom stereocenters. The third-order valence-corrected chi connectivity index (χ3v) is 4.00. The van der Waals surface area contributed by atoms with Crippen molar-refractivity contribution in [2.75, 3.05) is 64.9 Å². The van der Waals surface area contributed by atoms with Crippen LogP contribution in [0.15, 0.2) is 23.3 Å². The zero-order chi connectivity index (χ0) is 17.2. The van der Waals surface area contributed by atoms with Crippen molar-refractivity contribution in [2.45, 2.75) is 13.5 Å². The number of rotatable bonds is 7. The van der Waals surface area contributed by atoms with Gasteiger partial charge in [0, 0.05) is 52.6 Å². The van der Waals surface area contributed by atoms with Gasteiger partial charge in [-0.05, 0) is 25.6 Å². The minimum atomic E-state index is 0.